The summed E-state index contributed by atoms with van der Waals surface area (Å²) in [6.45, 7) is 6.55. The van der Waals surface area contributed by atoms with E-state index in [9.17, 15) is 9.18 Å². The van der Waals surface area contributed by atoms with Crippen molar-refractivity contribution >= 4 is 16.9 Å². The largest absolute Gasteiger partial charge is 0.407 e. The number of benzene rings is 1. The standard InChI is InChI=1S/C23H27FN6O2/c1-6-23(7-2,21-27-28-22(32-21)29(4)5)16-9-10-18(26-20(16)31)14-11-17(24)15-13-25-30(8-3)19(15)12-14/h9-13H,6-8H2,1-5H3,(H,26,31). The molecule has 168 valence electrons. The summed E-state index contributed by atoms with van der Waals surface area (Å²) < 4.78 is 22.3. The molecule has 1 aromatic carbocycles. The van der Waals surface area contributed by atoms with Crippen LogP contribution in [0.3, 0.4) is 0 Å². The lowest BCUT2D eigenvalue weighted by Crippen LogP contribution is -2.33. The van der Waals surface area contributed by atoms with Crippen LogP contribution in [0.25, 0.3) is 22.2 Å². The number of hydrogen-bond acceptors (Lipinski definition) is 6. The van der Waals surface area contributed by atoms with Crippen molar-refractivity contribution in [3.63, 3.8) is 0 Å². The lowest BCUT2D eigenvalue weighted by Gasteiger charge is -2.27. The van der Waals surface area contributed by atoms with Gasteiger partial charge in [0.15, 0.2) is 0 Å². The third-order valence-corrected chi connectivity index (χ3v) is 6.16. The monoisotopic (exact) mass is 438 g/mol. The number of hydrogen-bond donors (Lipinski definition) is 1. The number of fused-ring (bicyclic) bond motifs is 1. The molecule has 4 rings (SSSR count). The van der Waals surface area contributed by atoms with Crippen LogP contribution in [0, 0.1) is 5.82 Å². The lowest BCUT2D eigenvalue weighted by atomic mass is 9.76. The number of nitrogens with one attached hydrogen (secondary N) is 1. The molecule has 3 aromatic heterocycles. The van der Waals surface area contributed by atoms with Gasteiger partial charge in [0.05, 0.1) is 22.5 Å². The molecule has 0 radical (unpaired) electrons. The minimum atomic E-state index is -0.719. The van der Waals surface area contributed by atoms with Gasteiger partial charge in [-0.15, -0.1) is 5.10 Å². The maximum atomic E-state index is 14.7. The number of H-pyrrole nitrogens is 1. The van der Waals surface area contributed by atoms with Crippen molar-refractivity contribution in [1.82, 2.24) is 25.0 Å². The highest BCUT2D eigenvalue weighted by Crippen LogP contribution is 2.37. The topological polar surface area (TPSA) is 92.8 Å². The number of aromatic nitrogens is 5. The van der Waals surface area contributed by atoms with Crippen molar-refractivity contribution in [1.29, 1.82) is 0 Å². The Morgan fingerprint density at radius 1 is 1.16 bits per heavy atom. The van der Waals surface area contributed by atoms with E-state index < -0.39 is 5.41 Å². The number of nitrogens with zero attached hydrogens (tertiary/aromatic N) is 5. The first kappa shape index (κ1) is 21.7. The zero-order chi connectivity index (χ0) is 23.0. The van der Waals surface area contributed by atoms with Crippen LogP contribution in [0.15, 0.2) is 39.7 Å². The Labute approximate surface area is 185 Å². The van der Waals surface area contributed by atoms with Crippen LogP contribution in [0.2, 0.25) is 0 Å². The maximum Gasteiger partial charge on any atom is 0.317 e. The van der Waals surface area contributed by atoms with Gasteiger partial charge >= 0.3 is 6.01 Å². The van der Waals surface area contributed by atoms with Crippen molar-refractivity contribution in [2.24, 2.45) is 0 Å². The molecule has 0 atom stereocenters. The van der Waals surface area contributed by atoms with Gasteiger partial charge in [-0.2, -0.15) is 5.10 Å². The molecule has 1 N–H and O–H groups in total. The number of rotatable bonds is 7. The summed E-state index contributed by atoms with van der Waals surface area (Å²) in [5.74, 6) is 0.0319. The van der Waals surface area contributed by atoms with Crippen molar-refractivity contribution < 1.29 is 8.81 Å². The average molecular weight is 439 g/mol. The predicted molar refractivity (Wildman–Crippen MR) is 121 cm³/mol. The van der Waals surface area contributed by atoms with Crippen LogP contribution in [-0.2, 0) is 12.0 Å². The molecule has 0 saturated heterocycles. The first-order chi connectivity index (χ1) is 15.3. The maximum absolute atomic E-state index is 14.7. The van der Waals surface area contributed by atoms with Gasteiger partial charge in [0.1, 0.15) is 5.82 Å². The second kappa shape index (κ2) is 8.22. The van der Waals surface area contributed by atoms with Crippen LogP contribution >= 0.6 is 0 Å². The molecule has 0 aliphatic carbocycles. The Morgan fingerprint density at radius 2 is 1.91 bits per heavy atom. The molecule has 8 nitrogen and oxygen atoms in total. The number of aryl methyl sites for hydroxylation is 1. The van der Waals surface area contributed by atoms with Crippen molar-refractivity contribution in [2.45, 2.75) is 45.6 Å². The van der Waals surface area contributed by atoms with Crippen LogP contribution in [0.5, 0.6) is 0 Å². The van der Waals surface area contributed by atoms with Gasteiger partial charge in [0.2, 0.25) is 5.89 Å². The molecule has 4 aromatic rings. The Bertz CT molecular complexity index is 1320. The van der Waals surface area contributed by atoms with E-state index in [0.717, 1.165) is 0 Å². The minimum Gasteiger partial charge on any atom is -0.407 e. The Hall–Kier alpha value is -3.49. The molecule has 0 unspecified atom stereocenters. The zero-order valence-corrected chi connectivity index (χ0v) is 18.9. The van der Waals surface area contributed by atoms with E-state index >= 15 is 0 Å². The van der Waals surface area contributed by atoms with Crippen molar-refractivity contribution in [3.05, 3.63) is 58.1 Å². The van der Waals surface area contributed by atoms with Gasteiger partial charge in [-0.25, -0.2) is 4.39 Å². The van der Waals surface area contributed by atoms with E-state index in [1.165, 1.54) is 12.3 Å². The number of pyridine rings is 1. The Morgan fingerprint density at radius 3 is 2.50 bits per heavy atom. The minimum absolute atomic E-state index is 0.264. The number of anilines is 1. The molecule has 0 fully saturated rings. The molecule has 0 saturated carbocycles. The third-order valence-electron chi connectivity index (χ3n) is 6.16. The summed E-state index contributed by atoms with van der Waals surface area (Å²) in [5, 5.41) is 13.0. The highest BCUT2D eigenvalue weighted by Gasteiger charge is 2.39. The van der Waals surface area contributed by atoms with Gasteiger partial charge in [-0.1, -0.05) is 25.0 Å². The molecule has 0 amide bonds. The van der Waals surface area contributed by atoms with Crippen molar-refractivity contribution in [3.8, 4) is 11.3 Å². The van der Waals surface area contributed by atoms with Crippen LogP contribution in [0.4, 0.5) is 10.4 Å². The average Bonchev–Trinajstić information content (AvgIpc) is 3.44. The molecule has 0 spiro atoms. The molecule has 0 aliphatic rings. The van der Waals surface area contributed by atoms with E-state index in [4.69, 9.17) is 4.42 Å². The summed E-state index contributed by atoms with van der Waals surface area (Å²) in [7, 11) is 3.64. The van der Waals surface area contributed by atoms with E-state index in [0.29, 0.717) is 59.0 Å². The zero-order valence-electron chi connectivity index (χ0n) is 18.9. The molecule has 32 heavy (non-hydrogen) atoms. The van der Waals surface area contributed by atoms with Crippen LogP contribution in [-0.4, -0.2) is 39.1 Å². The molecule has 9 heteroatoms. The quantitative estimate of drug-likeness (QED) is 0.467. The first-order valence-electron chi connectivity index (χ1n) is 10.7. The van der Waals surface area contributed by atoms with E-state index in [1.807, 2.05) is 40.9 Å². The summed E-state index contributed by atoms with van der Waals surface area (Å²) in [4.78, 5) is 17.9. The normalized spacial score (nSPS) is 11.9. The van der Waals surface area contributed by atoms with Gasteiger partial charge < -0.3 is 14.3 Å². The highest BCUT2D eigenvalue weighted by atomic mass is 19.1. The van der Waals surface area contributed by atoms with Crippen molar-refractivity contribution in [2.75, 3.05) is 19.0 Å². The third kappa shape index (κ3) is 3.37. The fourth-order valence-corrected chi connectivity index (χ4v) is 4.20. The van der Waals surface area contributed by atoms with Gasteiger partial charge in [0, 0.05) is 37.5 Å². The smallest absolute Gasteiger partial charge is 0.317 e. The molecule has 0 bridgehead atoms. The van der Waals surface area contributed by atoms with Crippen LogP contribution < -0.4 is 10.5 Å². The van der Waals surface area contributed by atoms with Gasteiger partial charge in [-0.3, -0.25) is 9.48 Å². The van der Waals surface area contributed by atoms with E-state index in [2.05, 4.69) is 20.3 Å². The summed E-state index contributed by atoms with van der Waals surface area (Å²) in [6.07, 6.45) is 2.74. The van der Waals surface area contributed by atoms with E-state index in [1.54, 1.807) is 21.7 Å². The summed E-state index contributed by atoms with van der Waals surface area (Å²) in [6, 6.07) is 7.22. The summed E-state index contributed by atoms with van der Waals surface area (Å²) >= 11 is 0. The second-order valence-corrected chi connectivity index (χ2v) is 8.04. The summed E-state index contributed by atoms with van der Waals surface area (Å²) in [5.41, 5.74) is 1.36. The Balaban J connectivity index is 1.82. The number of halogens is 1. The molecular weight excluding hydrogens is 411 g/mol. The number of aromatic amines is 1. The fourth-order valence-electron chi connectivity index (χ4n) is 4.20. The highest BCUT2D eigenvalue weighted by molar-refractivity contribution is 5.84. The lowest BCUT2D eigenvalue weighted by molar-refractivity contribution is 0.349. The molecule has 3 heterocycles. The SMILES string of the molecule is CCn1ncc2c(F)cc(-c3ccc(C(CC)(CC)c4nnc(N(C)C)o4)c(=O)[nH]3)cc21. The van der Waals surface area contributed by atoms with Crippen LogP contribution in [0.1, 0.15) is 45.1 Å². The Kier molecular flexibility index (Phi) is 5.58. The van der Waals surface area contributed by atoms with Gasteiger partial charge in [0.25, 0.3) is 5.56 Å². The predicted octanol–water partition coefficient (Wildman–Crippen LogP) is 4.11. The first-order valence-corrected chi connectivity index (χ1v) is 10.7. The van der Waals surface area contributed by atoms with E-state index in [-0.39, 0.29) is 11.4 Å². The fraction of sp³-hybridized carbons (Fsp3) is 0.391. The second-order valence-electron chi connectivity index (χ2n) is 8.04. The molecule has 0 aliphatic heterocycles. The van der Waals surface area contributed by atoms with Gasteiger partial charge in [-0.05, 0) is 38.0 Å². The molecular formula is C23H27FN6O2.